The van der Waals surface area contributed by atoms with Crippen LogP contribution in [0.25, 0.3) is 0 Å². The molecule has 3 aromatic rings. The maximum absolute atomic E-state index is 14.0. The molecule has 0 heterocycles. The Morgan fingerprint density at radius 1 is 1.02 bits per heavy atom. The van der Waals surface area contributed by atoms with Crippen molar-refractivity contribution in [2.24, 2.45) is 0 Å². The van der Waals surface area contributed by atoms with Gasteiger partial charge in [0, 0.05) is 18.1 Å². The van der Waals surface area contributed by atoms with Crippen molar-refractivity contribution in [2.75, 3.05) is 24.5 Å². The third-order valence-corrected chi connectivity index (χ3v) is 8.62. The van der Waals surface area contributed by atoms with Crippen LogP contribution in [0.2, 0.25) is 5.02 Å². The molecule has 0 aliphatic rings. The molecule has 0 aliphatic heterocycles. The molecule has 0 spiro atoms. The number of nitrogens with one attached hydrogen (secondary N) is 1. The van der Waals surface area contributed by atoms with E-state index in [1.54, 1.807) is 31.2 Å². The van der Waals surface area contributed by atoms with Crippen LogP contribution in [0.3, 0.4) is 0 Å². The van der Waals surface area contributed by atoms with E-state index in [9.17, 15) is 18.0 Å². The minimum Gasteiger partial charge on any atom is -0.495 e. The molecule has 214 valence electrons. The highest BCUT2D eigenvalue weighted by molar-refractivity contribution is 7.92. The molecule has 3 rings (SSSR count). The monoisotopic (exact) mass is 585 g/mol. The van der Waals surface area contributed by atoms with E-state index < -0.39 is 28.5 Å². The molecule has 0 aromatic heterocycles. The molecule has 0 radical (unpaired) electrons. The Hall–Kier alpha value is -3.56. The normalized spacial score (nSPS) is 11.9. The Morgan fingerprint density at radius 3 is 2.33 bits per heavy atom. The lowest BCUT2D eigenvalue weighted by molar-refractivity contribution is -0.139. The van der Waals surface area contributed by atoms with Crippen LogP contribution in [-0.2, 0) is 26.2 Å². The van der Waals surface area contributed by atoms with Crippen molar-refractivity contribution in [2.45, 2.75) is 51.6 Å². The number of hydrogen-bond acceptors (Lipinski definition) is 5. The van der Waals surface area contributed by atoms with Gasteiger partial charge in [0.25, 0.3) is 10.0 Å². The standard InChI is InChI=1S/C30H36ClN3O5S/c1-6-17-32-30(36)23(4)33(19-24-10-8-7-9-22(24)3)29(35)20-34(27-18-25(31)13-16-28(27)39-5)40(37,38)26-14-11-21(2)12-15-26/h7-16,18,23H,6,17,19-20H2,1-5H3,(H,32,36)/t23-/m1/s1. The fourth-order valence-corrected chi connectivity index (χ4v) is 5.74. The van der Waals surface area contributed by atoms with Gasteiger partial charge in [0.15, 0.2) is 0 Å². The van der Waals surface area contributed by atoms with Crippen LogP contribution in [0.15, 0.2) is 71.6 Å². The summed E-state index contributed by atoms with van der Waals surface area (Å²) in [6.45, 7) is 7.36. The van der Waals surface area contributed by atoms with E-state index >= 15 is 0 Å². The molecular weight excluding hydrogens is 550 g/mol. The summed E-state index contributed by atoms with van der Waals surface area (Å²) in [7, 11) is -2.83. The van der Waals surface area contributed by atoms with E-state index in [0.29, 0.717) is 6.54 Å². The number of benzene rings is 3. The number of carbonyl (C=O) groups is 2. The van der Waals surface area contributed by atoms with Gasteiger partial charge < -0.3 is 15.0 Å². The number of nitrogens with zero attached hydrogens (tertiary/aromatic N) is 2. The number of halogens is 1. The number of sulfonamides is 1. The van der Waals surface area contributed by atoms with Gasteiger partial charge in [-0.1, -0.05) is 60.5 Å². The number of rotatable bonds is 12. The number of amides is 2. The van der Waals surface area contributed by atoms with E-state index in [4.69, 9.17) is 16.3 Å². The van der Waals surface area contributed by atoms with Crippen LogP contribution in [-0.4, -0.2) is 51.4 Å². The first-order valence-electron chi connectivity index (χ1n) is 13.0. The molecule has 1 N–H and O–H groups in total. The van der Waals surface area contributed by atoms with Crippen molar-refractivity contribution in [3.63, 3.8) is 0 Å². The van der Waals surface area contributed by atoms with Crippen molar-refractivity contribution in [3.05, 3.63) is 88.4 Å². The molecule has 40 heavy (non-hydrogen) atoms. The molecular formula is C30H36ClN3O5S. The summed E-state index contributed by atoms with van der Waals surface area (Å²) in [6.07, 6.45) is 0.737. The lowest BCUT2D eigenvalue weighted by Crippen LogP contribution is -2.51. The zero-order valence-electron chi connectivity index (χ0n) is 23.5. The second kappa shape index (κ2) is 13.7. The Kier molecular flexibility index (Phi) is 10.6. The summed E-state index contributed by atoms with van der Waals surface area (Å²) in [5.41, 5.74) is 2.79. The van der Waals surface area contributed by atoms with Gasteiger partial charge in [0.05, 0.1) is 17.7 Å². The number of carbonyl (C=O) groups excluding carboxylic acids is 2. The van der Waals surface area contributed by atoms with Crippen molar-refractivity contribution < 1.29 is 22.7 Å². The second-order valence-corrected chi connectivity index (χ2v) is 11.9. The SMILES string of the molecule is CCCNC(=O)[C@@H](C)N(Cc1ccccc1C)C(=O)CN(c1cc(Cl)ccc1OC)S(=O)(=O)c1ccc(C)cc1. The quantitative estimate of drug-likeness (QED) is 0.319. The van der Waals surface area contributed by atoms with Crippen molar-refractivity contribution in [1.82, 2.24) is 10.2 Å². The van der Waals surface area contributed by atoms with Crippen LogP contribution in [0.4, 0.5) is 5.69 Å². The van der Waals surface area contributed by atoms with Gasteiger partial charge >= 0.3 is 0 Å². The average Bonchev–Trinajstić information content (AvgIpc) is 2.93. The number of ether oxygens (including phenoxy) is 1. The fourth-order valence-electron chi connectivity index (χ4n) is 4.16. The van der Waals surface area contributed by atoms with Gasteiger partial charge in [0.2, 0.25) is 11.8 Å². The number of aryl methyl sites for hydroxylation is 2. The van der Waals surface area contributed by atoms with E-state index in [1.807, 2.05) is 45.0 Å². The van der Waals surface area contributed by atoms with Crippen molar-refractivity contribution in [1.29, 1.82) is 0 Å². The first kappa shape index (κ1) is 31.0. The van der Waals surface area contributed by atoms with E-state index in [0.717, 1.165) is 27.4 Å². The second-order valence-electron chi connectivity index (χ2n) is 9.56. The molecule has 0 bridgehead atoms. The van der Waals surface area contributed by atoms with E-state index in [1.165, 1.54) is 30.2 Å². The van der Waals surface area contributed by atoms with Crippen LogP contribution in [0.1, 0.15) is 37.0 Å². The van der Waals surface area contributed by atoms with Gasteiger partial charge in [-0.15, -0.1) is 0 Å². The summed E-state index contributed by atoms with van der Waals surface area (Å²) < 4.78 is 34.5. The number of methoxy groups -OCH3 is 1. The van der Waals surface area contributed by atoms with Crippen LogP contribution in [0, 0.1) is 13.8 Å². The third-order valence-electron chi connectivity index (χ3n) is 6.62. The van der Waals surface area contributed by atoms with Gasteiger partial charge in [-0.25, -0.2) is 8.42 Å². The van der Waals surface area contributed by atoms with Gasteiger partial charge in [-0.2, -0.15) is 0 Å². The Morgan fingerprint density at radius 2 is 1.70 bits per heavy atom. The summed E-state index contributed by atoms with van der Waals surface area (Å²) in [5, 5.41) is 3.11. The molecule has 2 amide bonds. The molecule has 0 aliphatic carbocycles. The summed E-state index contributed by atoms with van der Waals surface area (Å²) in [5.74, 6) is -0.649. The van der Waals surface area contributed by atoms with Gasteiger partial charge in [0.1, 0.15) is 18.3 Å². The van der Waals surface area contributed by atoms with Crippen molar-refractivity contribution in [3.8, 4) is 5.75 Å². The zero-order chi connectivity index (χ0) is 29.4. The highest BCUT2D eigenvalue weighted by atomic mass is 35.5. The maximum Gasteiger partial charge on any atom is 0.264 e. The first-order chi connectivity index (χ1) is 19.0. The summed E-state index contributed by atoms with van der Waals surface area (Å²) in [4.78, 5) is 28.5. The average molecular weight is 586 g/mol. The van der Waals surface area contributed by atoms with Crippen molar-refractivity contribution >= 4 is 39.1 Å². The van der Waals surface area contributed by atoms with Crippen LogP contribution in [0.5, 0.6) is 5.75 Å². The first-order valence-corrected chi connectivity index (χ1v) is 14.9. The molecule has 0 saturated carbocycles. The maximum atomic E-state index is 14.0. The molecule has 1 atom stereocenters. The molecule has 0 saturated heterocycles. The predicted molar refractivity (Wildman–Crippen MR) is 158 cm³/mol. The molecule has 0 fully saturated rings. The highest BCUT2D eigenvalue weighted by Gasteiger charge is 2.34. The molecule has 3 aromatic carbocycles. The topological polar surface area (TPSA) is 96.0 Å². The Balaban J connectivity index is 2.10. The number of hydrogen-bond donors (Lipinski definition) is 1. The summed E-state index contributed by atoms with van der Waals surface area (Å²) in [6, 6.07) is 17.6. The highest BCUT2D eigenvalue weighted by Crippen LogP contribution is 2.35. The van der Waals surface area contributed by atoms with Gasteiger partial charge in [-0.3, -0.25) is 13.9 Å². The summed E-state index contributed by atoms with van der Waals surface area (Å²) >= 11 is 6.27. The minimum atomic E-state index is -4.24. The van der Waals surface area contributed by atoms with Crippen LogP contribution < -0.4 is 14.4 Å². The molecule has 8 nitrogen and oxygen atoms in total. The third kappa shape index (κ3) is 7.34. The van der Waals surface area contributed by atoms with E-state index in [2.05, 4.69) is 5.32 Å². The predicted octanol–water partition coefficient (Wildman–Crippen LogP) is 5.10. The largest absolute Gasteiger partial charge is 0.495 e. The smallest absolute Gasteiger partial charge is 0.264 e. The number of anilines is 1. The lowest BCUT2D eigenvalue weighted by atomic mass is 10.1. The Labute approximate surface area is 241 Å². The Bertz CT molecular complexity index is 1440. The molecule has 0 unspecified atom stereocenters. The van der Waals surface area contributed by atoms with Gasteiger partial charge in [-0.05, 0) is 68.7 Å². The fraction of sp³-hybridized carbons (Fsp3) is 0.333. The van der Waals surface area contributed by atoms with Crippen LogP contribution >= 0.6 is 11.6 Å². The lowest BCUT2D eigenvalue weighted by Gasteiger charge is -2.32. The minimum absolute atomic E-state index is 0.00659. The zero-order valence-corrected chi connectivity index (χ0v) is 25.1. The van der Waals surface area contributed by atoms with E-state index in [-0.39, 0.29) is 33.8 Å². The molecule has 10 heteroatoms.